The van der Waals surface area contributed by atoms with Crippen LogP contribution in [0.2, 0.25) is 0 Å². The van der Waals surface area contributed by atoms with E-state index in [1.54, 1.807) is 18.9 Å². The summed E-state index contributed by atoms with van der Waals surface area (Å²) in [4.78, 5) is 1.22. The van der Waals surface area contributed by atoms with Gasteiger partial charge in [0.25, 0.3) is 0 Å². The molecule has 5 radical (unpaired) electrons. The summed E-state index contributed by atoms with van der Waals surface area (Å²) in [6.45, 7) is 3.42. The van der Waals surface area contributed by atoms with Crippen molar-refractivity contribution < 1.29 is 14.2 Å². The monoisotopic (exact) mass is 317 g/mol. The van der Waals surface area contributed by atoms with Gasteiger partial charge in [0.05, 0.1) is 30.5 Å². The molecule has 2 atom stereocenters. The average molecular weight is 317 g/mol. The van der Waals surface area contributed by atoms with Gasteiger partial charge in [0, 0.05) is 12.0 Å². The molecule has 1 aliphatic heterocycles. The van der Waals surface area contributed by atoms with Crippen LogP contribution < -0.4 is 0 Å². The molecule has 3 nitrogen and oxygen atoms in total. The first kappa shape index (κ1) is 16.3. The summed E-state index contributed by atoms with van der Waals surface area (Å²) < 4.78 is 17.0. The van der Waals surface area contributed by atoms with Gasteiger partial charge >= 0.3 is 0 Å². The Morgan fingerprint density at radius 3 is 2.82 bits per heavy atom. The highest BCUT2D eigenvalue weighted by atomic mass is 32.2. The van der Waals surface area contributed by atoms with E-state index in [2.05, 4.69) is 50.5 Å². The Morgan fingerprint density at radius 1 is 1.23 bits per heavy atom. The first-order valence-electron chi connectivity index (χ1n) is 7.52. The summed E-state index contributed by atoms with van der Waals surface area (Å²) in [6.07, 6.45) is 6.94. The third kappa shape index (κ3) is 4.05. The lowest BCUT2D eigenvalue weighted by Gasteiger charge is -2.34. The number of hydrogen-bond acceptors (Lipinski definition) is 4. The van der Waals surface area contributed by atoms with E-state index < -0.39 is 0 Å². The number of aryl methyl sites for hydroxylation is 1. The summed E-state index contributed by atoms with van der Waals surface area (Å²) in [5.74, 6) is 1.10. The van der Waals surface area contributed by atoms with E-state index in [9.17, 15) is 0 Å². The molecule has 2 aliphatic rings. The lowest BCUT2D eigenvalue weighted by Crippen LogP contribution is -2.39. The first-order valence-corrected chi connectivity index (χ1v) is 8.34. The summed E-state index contributed by atoms with van der Waals surface area (Å²) in [5.41, 5.74) is 1.27. The number of methoxy groups -OCH3 is 1. The largest absolute Gasteiger partial charge is 0.382 e. The first-order chi connectivity index (χ1) is 10.8. The number of benzene rings is 1. The van der Waals surface area contributed by atoms with Gasteiger partial charge in [-0.1, -0.05) is 17.7 Å². The molecule has 0 amide bonds. The fourth-order valence-corrected chi connectivity index (χ4v) is 3.45. The molecular formula is C18H21O3S. The molecule has 1 heterocycles. The standard InChI is InChI=1S/C18H21O3S/c1-13-6-8-15(9-7-13)22-17-5-3-4-16(17)18-20-11-10-14(21-18)12-19-2/h3-9,14,18H,10-12H2,1-2H3/t14-,18-/m0/s1. The zero-order valence-corrected chi connectivity index (χ0v) is 13.8. The number of hydrogen-bond donors (Lipinski definition) is 0. The van der Waals surface area contributed by atoms with Crippen molar-refractivity contribution in [2.75, 3.05) is 20.3 Å². The Kier molecular flexibility index (Phi) is 5.80. The minimum Gasteiger partial charge on any atom is -0.382 e. The Labute approximate surface area is 137 Å². The van der Waals surface area contributed by atoms with Crippen LogP contribution in [0.5, 0.6) is 0 Å². The van der Waals surface area contributed by atoms with E-state index in [1.807, 2.05) is 0 Å². The van der Waals surface area contributed by atoms with E-state index in [0.717, 1.165) is 12.3 Å². The molecule has 2 fully saturated rings. The zero-order valence-electron chi connectivity index (χ0n) is 13.0. The van der Waals surface area contributed by atoms with E-state index in [4.69, 9.17) is 14.2 Å². The SMILES string of the molecule is COC[C@@H]1CCO[C@H]([C]2[CH][CH][CH][C]2Sc2ccc(C)cc2)O1. The van der Waals surface area contributed by atoms with Gasteiger partial charge in [0.2, 0.25) is 0 Å². The predicted octanol–water partition coefficient (Wildman–Crippen LogP) is 3.60. The minimum atomic E-state index is -0.295. The highest BCUT2D eigenvalue weighted by Crippen LogP contribution is 2.48. The van der Waals surface area contributed by atoms with Gasteiger partial charge in [-0.15, -0.1) is 11.8 Å². The fourth-order valence-electron chi connectivity index (χ4n) is 2.50. The second-order valence-corrected chi connectivity index (χ2v) is 6.58. The molecule has 1 aromatic carbocycles. The lowest BCUT2D eigenvalue weighted by molar-refractivity contribution is -0.209. The molecule has 0 bridgehead atoms. The quantitative estimate of drug-likeness (QED) is 0.829. The van der Waals surface area contributed by atoms with Gasteiger partial charge in [-0.05, 0) is 44.7 Å². The van der Waals surface area contributed by atoms with Crippen LogP contribution in [0.25, 0.3) is 0 Å². The highest BCUT2D eigenvalue weighted by Gasteiger charge is 2.40. The van der Waals surface area contributed by atoms with Gasteiger partial charge in [0.15, 0.2) is 6.29 Å². The molecule has 0 N–H and O–H groups in total. The highest BCUT2D eigenvalue weighted by molar-refractivity contribution is 8.02. The van der Waals surface area contributed by atoms with Gasteiger partial charge in [0.1, 0.15) is 0 Å². The molecule has 1 aliphatic carbocycles. The van der Waals surface area contributed by atoms with Crippen LogP contribution in [0.15, 0.2) is 29.2 Å². The van der Waals surface area contributed by atoms with E-state index in [1.165, 1.54) is 15.7 Å². The second kappa shape index (κ2) is 7.82. The molecule has 117 valence electrons. The Balaban J connectivity index is 1.61. The normalized spacial score (nSPS) is 27.4. The van der Waals surface area contributed by atoms with Gasteiger partial charge < -0.3 is 14.2 Å². The fraction of sp³-hybridized carbons (Fsp3) is 0.389. The number of rotatable bonds is 5. The summed E-state index contributed by atoms with van der Waals surface area (Å²) >= 11 is 1.75. The van der Waals surface area contributed by atoms with Crippen LogP contribution in [0.4, 0.5) is 0 Å². The molecule has 1 aromatic rings. The average Bonchev–Trinajstić information content (AvgIpc) is 2.98. The summed E-state index contributed by atoms with van der Waals surface area (Å²) in [7, 11) is 1.70. The molecule has 22 heavy (non-hydrogen) atoms. The van der Waals surface area contributed by atoms with Gasteiger partial charge in [-0.25, -0.2) is 0 Å². The van der Waals surface area contributed by atoms with Crippen LogP contribution in [0, 0.1) is 37.4 Å². The third-order valence-corrected chi connectivity index (χ3v) is 4.79. The van der Waals surface area contributed by atoms with E-state index >= 15 is 0 Å². The summed E-state index contributed by atoms with van der Waals surface area (Å²) in [5, 5.41) is 1.19. The molecule has 3 rings (SSSR count). The minimum absolute atomic E-state index is 0.107. The Morgan fingerprint density at radius 2 is 2.05 bits per heavy atom. The number of ether oxygens (including phenoxy) is 3. The molecule has 0 aromatic heterocycles. The third-order valence-electron chi connectivity index (χ3n) is 3.69. The van der Waals surface area contributed by atoms with Crippen LogP contribution in [-0.4, -0.2) is 32.7 Å². The Bertz CT molecular complexity index is 460. The van der Waals surface area contributed by atoms with Crippen LogP contribution >= 0.6 is 11.8 Å². The maximum absolute atomic E-state index is 6.01. The molecule has 0 unspecified atom stereocenters. The van der Waals surface area contributed by atoms with Crippen molar-refractivity contribution in [2.45, 2.75) is 30.6 Å². The summed E-state index contributed by atoms with van der Waals surface area (Å²) in [6, 6.07) is 8.56. The van der Waals surface area contributed by atoms with Crippen molar-refractivity contribution in [1.82, 2.24) is 0 Å². The van der Waals surface area contributed by atoms with Crippen molar-refractivity contribution in [1.29, 1.82) is 0 Å². The van der Waals surface area contributed by atoms with Crippen LogP contribution in [0.1, 0.15) is 12.0 Å². The van der Waals surface area contributed by atoms with Gasteiger partial charge in [-0.3, -0.25) is 0 Å². The zero-order chi connectivity index (χ0) is 15.4. The smallest absolute Gasteiger partial charge is 0.166 e. The maximum atomic E-state index is 6.01. The molecule has 0 spiro atoms. The molecule has 4 heteroatoms. The predicted molar refractivity (Wildman–Crippen MR) is 87.5 cm³/mol. The Hall–Kier alpha value is -0.550. The second-order valence-electron chi connectivity index (χ2n) is 5.47. The van der Waals surface area contributed by atoms with Crippen LogP contribution in [0.3, 0.4) is 0 Å². The van der Waals surface area contributed by atoms with Crippen LogP contribution in [-0.2, 0) is 14.2 Å². The van der Waals surface area contributed by atoms with Crippen molar-refractivity contribution >= 4 is 11.8 Å². The van der Waals surface area contributed by atoms with Crippen molar-refractivity contribution in [3.05, 3.63) is 60.3 Å². The molecule has 1 saturated carbocycles. The van der Waals surface area contributed by atoms with Crippen molar-refractivity contribution in [2.24, 2.45) is 0 Å². The van der Waals surface area contributed by atoms with Gasteiger partial charge in [-0.2, -0.15) is 0 Å². The maximum Gasteiger partial charge on any atom is 0.166 e. The van der Waals surface area contributed by atoms with Crippen molar-refractivity contribution in [3.8, 4) is 0 Å². The topological polar surface area (TPSA) is 27.7 Å². The lowest BCUT2D eigenvalue weighted by atomic mass is 10.1. The van der Waals surface area contributed by atoms with E-state index in [-0.39, 0.29) is 12.4 Å². The van der Waals surface area contributed by atoms with E-state index in [0.29, 0.717) is 13.2 Å². The number of thioether (sulfide) groups is 1. The van der Waals surface area contributed by atoms with Crippen molar-refractivity contribution in [3.63, 3.8) is 0 Å². The molecular weight excluding hydrogens is 296 g/mol. The molecule has 1 saturated heterocycles.